The molecule has 1 aromatic carbocycles. The summed E-state index contributed by atoms with van der Waals surface area (Å²) in [5.41, 5.74) is 1.94. The number of aryl methyl sites for hydroxylation is 1. The molecule has 0 bridgehead atoms. The van der Waals surface area contributed by atoms with Gasteiger partial charge in [-0.15, -0.1) is 0 Å². The number of piperidine rings is 1. The Morgan fingerprint density at radius 2 is 2.29 bits per heavy atom. The predicted octanol–water partition coefficient (Wildman–Crippen LogP) is 2.45. The monoisotopic (exact) mass is 234 g/mol. The first-order valence-corrected chi connectivity index (χ1v) is 6.37. The topological polar surface area (TPSA) is 35.5 Å². The van der Waals surface area contributed by atoms with Gasteiger partial charge in [-0.1, -0.05) is 6.07 Å². The second-order valence-electron chi connectivity index (χ2n) is 5.15. The lowest BCUT2D eigenvalue weighted by Gasteiger charge is -2.30. The zero-order chi connectivity index (χ0) is 12.3. The van der Waals surface area contributed by atoms with Crippen molar-refractivity contribution in [3.8, 4) is 5.75 Å². The van der Waals surface area contributed by atoms with Gasteiger partial charge < -0.3 is 15.3 Å². The SMILES string of the molecule is Cc1ccc(NCC2CCCN(C)C2)cc1O. The van der Waals surface area contributed by atoms with Crippen LogP contribution in [0.5, 0.6) is 5.75 Å². The van der Waals surface area contributed by atoms with E-state index in [1.807, 2.05) is 25.1 Å². The number of phenolic OH excluding ortho intramolecular Hbond substituents is 1. The van der Waals surface area contributed by atoms with Crippen LogP contribution < -0.4 is 5.32 Å². The van der Waals surface area contributed by atoms with Gasteiger partial charge in [0.2, 0.25) is 0 Å². The molecule has 2 rings (SSSR count). The van der Waals surface area contributed by atoms with E-state index in [1.54, 1.807) is 0 Å². The largest absolute Gasteiger partial charge is 0.508 e. The molecule has 0 aliphatic carbocycles. The third-order valence-corrected chi connectivity index (χ3v) is 3.53. The van der Waals surface area contributed by atoms with Crippen molar-refractivity contribution < 1.29 is 5.11 Å². The van der Waals surface area contributed by atoms with E-state index in [4.69, 9.17) is 0 Å². The van der Waals surface area contributed by atoms with Crippen molar-refractivity contribution in [2.45, 2.75) is 19.8 Å². The van der Waals surface area contributed by atoms with Gasteiger partial charge >= 0.3 is 0 Å². The van der Waals surface area contributed by atoms with Gasteiger partial charge in [0.25, 0.3) is 0 Å². The molecule has 1 heterocycles. The Labute approximate surface area is 103 Å². The molecule has 94 valence electrons. The number of likely N-dealkylation sites (tertiary alicyclic amines) is 1. The Hall–Kier alpha value is -1.22. The Morgan fingerprint density at radius 3 is 3.00 bits per heavy atom. The quantitative estimate of drug-likeness (QED) is 0.843. The summed E-state index contributed by atoms with van der Waals surface area (Å²) >= 11 is 0. The second-order valence-corrected chi connectivity index (χ2v) is 5.15. The normalized spacial score (nSPS) is 21.4. The first kappa shape index (κ1) is 12.2. The van der Waals surface area contributed by atoms with E-state index in [0.29, 0.717) is 5.75 Å². The molecule has 1 unspecified atom stereocenters. The molecular weight excluding hydrogens is 212 g/mol. The van der Waals surface area contributed by atoms with Crippen LogP contribution in [0.25, 0.3) is 0 Å². The number of phenols is 1. The van der Waals surface area contributed by atoms with E-state index in [-0.39, 0.29) is 0 Å². The molecule has 1 aromatic rings. The van der Waals surface area contributed by atoms with Crippen LogP contribution in [0, 0.1) is 12.8 Å². The van der Waals surface area contributed by atoms with Crippen molar-refractivity contribution in [3.05, 3.63) is 23.8 Å². The maximum absolute atomic E-state index is 9.63. The summed E-state index contributed by atoms with van der Waals surface area (Å²) in [6, 6.07) is 5.79. The van der Waals surface area contributed by atoms with Crippen molar-refractivity contribution in [2.75, 3.05) is 32.0 Å². The van der Waals surface area contributed by atoms with Crippen molar-refractivity contribution in [3.63, 3.8) is 0 Å². The first-order valence-electron chi connectivity index (χ1n) is 6.37. The average molecular weight is 234 g/mol. The summed E-state index contributed by atoms with van der Waals surface area (Å²) in [5.74, 6) is 1.09. The summed E-state index contributed by atoms with van der Waals surface area (Å²) < 4.78 is 0. The van der Waals surface area contributed by atoms with E-state index in [1.165, 1.54) is 25.9 Å². The smallest absolute Gasteiger partial charge is 0.120 e. The average Bonchev–Trinajstić information content (AvgIpc) is 2.31. The van der Waals surface area contributed by atoms with Gasteiger partial charge in [-0.05, 0) is 50.9 Å². The fourth-order valence-corrected chi connectivity index (χ4v) is 2.42. The minimum atomic E-state index is 0.371. The second kappa shape index (κ2) is 5.41. The maximum atomic E-state index is 9.63. The highest BCUT2D eigenvalue weighted by Gasteiger charge is 2.16. The molecule has 2 N–H and O–H groups in total. The molecule has 3 nitrogen and oxygen atoms in total. The molecule has 3 heteroatoms. The fraction of sp³-hybridized carbons (Fsp3) is 0.571. The fourth-order valence-electron chi connectivity index (χ4n) is 2.42. The van der Waals surface area contributed by atoms with Crippen molar-refractivity contribution in [1.82, 2.24) is 4.90 Å². The lowest BCUT2D eigenvalue weighted by molar-refractivity contribution is 0.217. The van der Waals surface area contributed by atoms with Crippen molar-refractivity contribution in [2.24, 2.45) is 5.92 Å². The summed E-state index contributed by atoms with van der Waals surface area (Å²) in [5, 5.41) is 13.0. The van der Waals surface area contributed by atoms with Gasteiger partial charge in [-0.25, -0.2) is 0 Å². The van der Waals surface area contributed by atoms with Gasteiger partial charge in [0.05, 0.1) is 0 Å². The molecule has 0 radical (unpaired) electrons. The molecule has 0 aromatic heterocycles. The van der Waals surface area contributed by atoms with E-state index in [0.717, 1.165) is 23.7 Å². The van der Waals surface area contributed by atoms with E-state index in [9.17, 15) is 5.11 Å². The van der Waals surface area contributed by atoms with E-state index < -0.39 is 0 Å². The summed E-state index contributed by atoms with van der Waals surface area (Å²) in [6.07, 6.45) is 2.59. The number of benzene rings is 1. The predicted molar refractivity (Wildman–Crippen MR) is 71.6 cm³/mol. The number of hydrogen-bond acceptors (Lipinski definition) is 3. The minimum absolute atomic E-state index is 0.371. The van der Waals surface area contributed by atoms with Gasteiger partial charge in [-0.2, -0.15) is 0 Å². The molecular formula is C14H22N2O. The van der Waals surface area contributed by atoms with Crippen molar-refractivity contribution >= 4 is 5.69 Å². The van der Waals surface area contributed by atoms with Crippen LogP contribution in [0.1, 0.15) is 18.4 Å². The van der Waals surface area contributed by atoms with Crippen LogP contribution in [0.4, 0.5) is 5.69 Å². The number of nitrogens with one attached hydrogen (secondary N) is 1. The van der Waals surface area contributed by atoms with Crippen LogP contribution in [-0.2, 0) is 0 Å². The maximum Gasteiger partial charge on any atom is 0.120 e. The van der Waals surface area contributed by atoms with Crippen LogP contribution in [0.15, 0.2) is 18.2 Å². The zero-order valence-corrected chi connectivity index (χ0v) is 10.7. The first-order chi connectivity index (χ1) is 8.15. The van der Waals surface area contributed by atoms with Crippen LogP contribution in [0.2, 0.25) is 0 Å². The van der Waals surface area contributed by atoms with Crippen molar-refractivity contribution in [1.29, 1.82) is 0 Å². The molecule has 0 spiro atoms. The molecule has 1 saturated heterocycles. The molecule has 1 aliphatic rings. The minimum Gasteiger partial charge on any atom is -0.508 e. The highest BCUT2D eigenvalue weighted by atomic mass is 16.3. The molecule has 1 fully saturated rings. The van der Waals surface area contributed by atoms with E-state index in [2.05, 4.69) is 17.3 Å². The molecule has 0 saturated carbocycles. The van der Waals surface area contributed by atoms with Gasteiger partial charge in [-0.3, -0.25) is 0 Å². The van der Waals surface area contributed by atoms with Gasteiger partial charge in [0, 0.05) is 24.8 Å². The highest BCUT2D eigenvalue weighted by Crippen LogP contribution is 2.22. The van der Waals surface area contributed by atoms with Gasteiger partial charge in [0.15, 0.2) is 0 Å². The standard InChI is InChI=1S/C14H22N2O/c1-11-5-6-13(8-14(11)17)15-9-12-4-3-7-16(2)10-12/h5-6,8,12,15,17H,3-4,7,9-10H2,1-2H3. The Bertz CT molecular complexity index is 378. The number of anilines is 1. The summed E-state index contributed by atoms with van der Waals surface area (Å²) in [7, 11) is 2.18. The molecule has 1 aliphatic heterocycles. The third-order valence-electron chi connectivity index (χ3n) is 3.53. The van der Waals surface area contributed by atoms with Crippen LogP contribution in [0.3, 0.4) is 0 Å². The number of rotatable bonds is 3. The number of nitrogens with zero attached hydrogens (tertiary/aromatic N) is 1. The molecule has 17 heavy (non-hydrogen) atoms. The van der Waals surface area contributed by atoms with Crippen LogP contribution in [-0.4, -0.2) is 36.7 Å². The summed E-state index contributed by atoms with van der Waals surface area (Å²) in [4.78, 5) is 2.39. The summed E-state index contributed by atoms with van der Waals surface area (Å²) in [6.45, 7) is 5.30. The molecule has 1 atom stereocenters. The van der Waals surface area contributed by atoms with E-state index >= 15 is 0 Å². The van der Waals surface area contributed by atoms with Gasteiger partial charge in [0.1, 0.15) is 5.75 Å². The molecule has 0 amide bonds. The zero-order valence-electron chi connectivity index (χ0n) is 10.7. The number of aromatic hydroxyl groups is 1. The number of hydrogen-bond donors (Lipinski definition) is 2. The third kappa shape index (κ3) is 3.37. The van der Waals surface area contributed by atoms with Crippen LogP contribution >= 0.6 is 0 Å². The Morgan fingerprint density at radius 1 is 1.47 bits per heavy atom. The lowest BCUT2D eigenvalue weighted by Crippen LogP contribution is -2.35. The Balaban J connectivity index is 1.86. The highest BCUT2D eigenvalue weighted by molar-refractivity contribution is 5.50. The lowest BCUT2D eigenvalue weighted by atomic mass is 9.98. The Kier molecular flexibility index (Phi) is 3.89.